The zero-order valence-corrected chi connectivity index (χ0v) is 19.0. The monoisotopic (exact) mass is 450 g/mol. The molecule has 2 aromatic heterocycles. The second kappa shape index (κ2) is 10.3. The molecule has 4 rings (SSSR count). The lowest BCUT2D eigenvalue weighted by molar-refractivity contribution is 0.394. The lowest BCUT2D eigenvalue weighted by Crippen LogP contribution is -2.30. The third-order valence-electron chi connectivity index (χ3n) is 5.27. The first-order valence-corrected chi connectivity index (χ1v) is 10.6. The summed E-state index contributed by atoms with van der Waals surface area (Å²) < 4.78 is 25.2. The molecule has 0 amide bonds. The first-order valence-electron chi connectivity index (χ1n) is 10.6. The minimum Gasteiger partial charge on any atom is -0.497 e. The van der Waals surface area contributed by atoms with Crippen LogP contribution in [0.2, 0.25) is 0 Å². The number of fused-ring (bicyclic) bond motifs is 1. The number of alkyl halides is 1. The van der Waals surface area contributed by atoms with Gasteiger partial charge in [-0.15, -0.1) is 0 Å². The third-order valence-corrected chi connectivity index (χ3v) is 5.27. The molecule has 33 heavy (non-hydrogen) atoms. The first kappa shape index (κ1) is 22.5. The molecule has 9 heteroatoms. The predicted octanol–water partition coefficient (Wildman–Crippen LogP) is 3.74. The molecule has 0 bridgehead atoms. The van der Waals surface area contributed by atoms with Crippen LogP contribution in [-0.4, -0.2) is 60.3 Å². The van der Waals surface area contributed by atoms with Gasteiger partial charge in [0.05, 0.1) is 43.3 Å². The smallest absolute Gasteiger partial charge is 0.124 e. The molecule has 0 fully saturated rings. The van der Waals surface area contributed by atoms with Crippen molar-refractivity contribution in [1.82, 2.24) is 25.1 Å². The Kier molecular flexibility index (Phi) is 6.99. The van der Waals surface area contributed by atoms with Crippen LogP contribution in [0.15, 0.2) is 55.0 Å². The van der Waals surface area contributed by atoms with E-state index in [1.54, 1.807) is 31.3 Å². The molecule has 8 nitrogen and oxygen atoms in total. The summed E-state index contributed by atoms with van der Waals surface area (Å²) in [7, 11) is 5.11. The summed E-state index contributed by atoms with van der Waals surface area (Å²) in [5.41, 5.74) is 5.05. The van der Waals surface area contributed by atoms with E-state index in [1.807, 2.05) is 49.6 Å². The molecule has 2 aromatic carbocycles. The van der Waals surface area contributed by atoms with Gasteiger partial charge in [0.1, 0.15) is 18.2 Å². The Morgan fingerprint density at radius 2 is 1.76 bits per heavy atom. The molecule has 4 aromatic rings. The van der Waals surface area contributed by atoms with Crippen molar-refractivity contribution in [3.63, 3.8) is 0 Å². The molecule has 0 saturated heterocycles. The number of benzene rings is 2. The van der Waals surface area contributed by atoms with E-state index in [-0.39, 0.29) is 0 Å². The van der Waals surface area contributed by atoms with Crippen LogP contribution in [0.25, 0.3) is 22.3 Å². The van der Waals surface area contributed by atoms with E-state index in [0.29, 0.717) is 31.1 Å². The van der Waals surface area contributed by atoms with E-state index in [9.17, 15) is 4.39 Å². The minimum absolute atomic E-state index is 0.312. The van der Waals surface area contributed by atoms with Gasteiger partial charge in [0.15, 0.2) is 0 Å². The standard InChI is InChI=1S/C24H27FN6O2/c1-30-16-17(14-28-30)24-15-27-22-5-4-18(12-23(22)29-24)31(9-8-26-7-6-25)19-10-20(32-2)13-21(11-19)33-3/h4-5,10-16,26H,6-9H2,1-3H3. The highest BCUT2D eigenvalue weighted by Crippen LogP contribution is 2.34. The van der Waals surface area contributed by atoms with Crippen LogP contribution in [0.4, 0.5) is 15.8 Å². The number of aromatic nitrogens is 4. The molecule has 172 valence electrons. The van der Waals surface area contributed by atoms with Gasteiger partial charge >= 0.3 is 0 Å². The summed E-state index contributed by atoms with van der Waals surface area (Å²) in [4.78, 5) is 11.5. The first-order chi connectivity index (χ1) is 16.1. The normalized spacial score (nSPS) is 11.0. The second-order valence-electron chi connectivity index (χ2n) is 7.49. The van der Waals surface area contributed by atoms with Crippen molar-refractivity contribution in [2.45, 2.75) is 0 Å². The SMILES string of the molecule is COc1cc(OC)cc(N(CCNCCF)c2ccc3ncc(-c4cnn(C)c4)nc3c2)c1. The van der Waals surface area contributed by atoms with Crippen LogP contribution in [0.5, 0.6) is 11.5 Å². The zero-order chi connectivity index (χ0) is 23.2. The Bertz CT molecular complexity index is 1210. The largest absolute Gasteiger partial charge is 0.497 e. The lowest BCUT2D eigenvalue weighted by Gasteiger charge is -2.26. The van der Waals surface area contributed by atoms with Crippen molar-refractivity contribution in [3.05, 3.63) is 55.0 Å². The highest BCUT2D eigenvalue weighted by atomic mass is 19.1. The Balaban J connectivity index is 1.74. The number of anilines is 2. The fourth-order valence-electron chi connectivity index (χ4n) is 3.60. The number of nitrogens with one attached hydrogen (secondary N) is 1. The molecule has 0 aliphatic carbocycles. The van der Waals surface area contributed by atoms with Crippen molar-refractivity contribution in [1.29, 1.82) is 0 Å². The van der Waals surface area contributed by atoms with Crippen molar-refractivity contribution >= 4 is 22.4 Å². The minimum atomic E-state index is -0.407. The summed E-state index contributed by atoms with van der Waals surface area (Å²) in [5, 5.41) is 7.34. The van der Waals surface area contributed by atoms with Gasteiger partial charge in [-0.25, -0.2) is 9.37 Å². The van der Waals surface area contributed by atoms with Crippen LogP contribution in [0, 0.1) is 0 Å². The van der Waals surface area contributed by atoms with E-state index >= 15 is 0 Å². The molecule has 2 heterocycles. The molecular weight excluding hydrogens is 423 g/mol. The number of rotatable bonds is 10. The Hall–Kier alpha value is -3.72. The zero-order valence-electron chi connectivity index (χ0n) is 19.0. The van der Waals surface area contributed by atoms with Crippen molar-refractivity contribution in [2.24, 2.45) is 7.05 Å². The van der Waals surface area contributed by atoms with Gasteiger partial charge in [-0.2, -0.15) is 5.10 Å². The number of hydrogen-bond acceptors (Lipinski definition) is 7. The van der Waals surface area contributed by atoms with Crippen molar-refractivity contribution in [2.75, 3.05) is 45.4 Å². The molecule has 0 unspecified atom stereocenters. The predicted molar refractivity (Wildman–Crippen MR) is 127 cm³/mol. The van der Waals surface area contributed by atoms with E-state index in [2.05, 4.69) is 20.3 Å². The number of hydrogen-bond donors (Lipinski definition) is 1. The highest BCUT2D eigenvalue weighted by molar-refractivity contribution is 5.82. The van der Waals surface area contributed by atoms with Gasteiger partial charge in [-0.1, -0.05) is 0 Å². The quantitative estimate of drug-likeness (QED) is 0.369. The van der Waals surface area contributed by atoms with Crippen molar-refractivity contribution in [3.8, 4) is 22.8 Å². The summed E-state index contributed by atoms with van der Waals surface area (Å²) >= 11 is 0. The molecule has 0 spiro atoms. The third kappa shape index (κ3) is 5.20. The summed E-state index contributed by atoms with van der Waals surface area (Å²) in [5.74, 6) is 1.37. The Labute approximate surface area is 192 Å². The van der Waals surface area contributed by atoms with Gasteiger partial charge in [0.25, 0.3) is 0 Å². The van der Waals surface area contributed by atoms with Crippen molar-refractivity contribution < 1.29 is 13.9 Å². The van der Waals surface area contributed by atoms with Crippen LogP contribution < -0.4 is 19.7 Å². The van der Waals surface area contributed by atoms with Crippen LogP contribution >= 0.6 is 0 Å². The van der Waals surface area contributed by atoms with Gasteiger partial charge in [-0.05, 0) is 18.2 Å². The van der Waals surface area contributed by atoms with Crippen LogP contribution in [0.1, 0.15) is 0 Å². The number of nitrogens with zero attached hydrogens (tertiary/aromatic N) is 5. The Morgan fingerprint density at radius 1 is 0.970 bits per heavy atom. The Morgan fingerprint density at radius 3 is 2.42 bits per heavy atom. The van der Waals surface area contributed by atoms with Crippen LogP contribution in [0.3, 0.4) is 0 Å². The second-order valence-corrected chi connectivity index (χ2v) is 7.49. The number of aryl methyl sites for hydroxylation is 1. The molecule has 0 aliphatic heterocycles. The highest BCUT2D eigenvalue weighted by Gasteiger charge is 2.14. The summed E-state index contributed by atoms with van der Waals surface area (Å²) in [6.07, 6.45) is 5.43. The topological polar surface area (TPSA) is 77.3 Å². The molecular formula is C24H27FN6O2. The van der Waals surface area contributed by atoms with E-state index in [4.69, 9.17) is 14.5 Å². The number of halogens is 1. The molecule has 1 N–H and O–H groups in total. The molecule has 0 saturated carbocycles. The molecule has 0 aliphatic rings. The maximum absolute atomic E-state index is 12.6. The average Bonchev–Trinajstić information content (AvgIpc) is 3.29. The van der Waals surface area contributed by atoms with Gasteiger partial charge in [0.2, 0.25) is 0 Å². The lowest BCUT2D eigenvalue weighted by atomic mass is 10.2. The van der Waals surface area contributed by atoms with E-state index in [1.165, 1.54) is 0 Å². The van der Waals surface area contributed by atoms with Gasteiger partial charge in [0, 0.05) is 68.0 Å². The fraction of sp³-hybridized carbons (Fsp3) is 0.292. The summed E-state index contributed by atoms with van der Waals surface area (Å²) in [6, 6.07) is 11.7. The maximum Gasteiger partial charge on any atom is 0.124 e. The van der Waals surface area contributed by atoms with Gasteiger partial charge in [-0.3, -0.25) is 9.67 Å². The summed E-state index contributed by atoms with van der Waals surface area (Å²) in [6.45, 7) is 1.11. The van der Waals surface area contributed by atoms with E-state index in [0.717, 1.165) is 33.7 Å². The number of methoxy groups -OCH3 is 2. The fourth-order valence-corrected chi connectivity index (χ4v) is 3.60. The van der Waals surface area contributed by atoms with E-state index < -0.39 is 6.67 Å². The molecule has 0 atom stereocenters. The van der Waals surface area contributed by atoms with Gasteiger partial charge < -0.3 is 19.7 Å². The number of ether oxygens (including phenoxy) is 2. The average molecular weight is 451 g/mol. The van der Waals surface area contributed by atoms with Crippen LogP contribution in [-0.2, 0) is 7.05 Å². The molecule has 0 radical (unpaired) electrons. The maximum atomic E-state index is 12.6.